The Bertz CT molecular complexity index is 461. The van der Waals surface area contributed by atoms with E-state index in [4.69, 9.17) is 10.4 Å². The van der Waals surface area contributed by atoms with Gasteiger partial charge in [-0.3, -0.25) is 4.79 Å². The van der Waals surface area contributed by atoms with Crippen molar-refractivity contribution in [3.05, 3.63) is 35.9 Å². The summed E-state index contributed by atoms with van der Waals surface area (Å²) in [5.41, 5.74) is 1.51. The van der Waals surface area contributed by atoms with Gasteiger partial charge in [0.05, 0.1) is 12.7 Å². The molecule has 17 heavy (non-hydrogen) atoms. The maximum absolute atomic E-state index is 11.5. The van der Waals surface area contributed by atoms with Crippen LogP contribution in [0, 0.1) is 17.2 Å². The molecule has 1 rings (SSSR count). The van der Waals surface area contributed by atoms with E-state index in [0.29, 0.717) is 5.69 Å². The van der Waals surface area contributed by atoms with Gasteiger partial charge in [0.1, 0.15) is 5.92 Å². The molecule has 0 fully saturated rings. The number of anilines is 1. The molecule has 0 saturated heterocycles. The molecule has 1 amide bonds. The third-order valence-electron chi connectivity index (χ3n) is 2.16. The van der Waals surface area contributed by atoms with E-state index in [2.05, 4.69) is 5.32 Å². The zero-order valence-corrected chi connectivity index (χ0v) is 9.55. The van der Waals surface area contributed by atoms with Gasteiger partial charge in [-0.25, -0.2) is 0 Å². The predicted molar refractivity (Wildman–Crippen MR) is 66.0 cm³/mol. The molecule has 1 unspecified atom stereocenters. The van der Waals surface area contributed by atoms with Crippen LogP contribution in [0.4, 0.5) is 5.69 Å². The van der Waals surface area contributed by atoms with Gasteiger partial charge >= 0.3 is 0 Å². The lowest BCUT2D eigenvalue weighted by molar-refractivity contribution is -0.117. The van der Waals surface area contributed by atoms with Crippen LogP contribution in [-0.4, -0.2) is 17.6 Å². The van der Waals surface area contributed by atoms with Gasteiger partial charge < -0.3 is 10.4 Å². The first kappa shape index (κ1) is 12.9. The number of nitrogens with zero attached hydrogens (tertiary/aromatic N) is 1. The number of amides is 1. The molecular formula is C13H14N2O2. The van der Waals surface area contributed by atoms with Crippen LogP contribution in [0.3, 0.4) is 0 Å². The molecule has 0 heterocycles. The number of aliphatic hydroxyl groups excluding tert-OH is 1. The highest BCUT2D eigenvalue weighted by Gasteiger charge is 2.11. The summed E-state index contributed by atoms with van der Waals surface area (Å²) < 4.78 is 0. The Morgan fingerprint density at radius 2 is 2.41 bits per heavy atom. The third-order valence-corrected chi connectivity index (χ3v) is 2.16. The van der Waals surface area contributed by atoms with E-state index in [-0.39, 0.29) is 12.5 Å². The Balaban J connectivity index is 2.76. The third kappa shape index (κ3) is 4.09. The molecule has 0 aliphatic heterocycles. The first-order chi connectivity index (χ1) is 8.17. The molecule has 4 nitrogen and oxygen atoms in total. The van der Waals surface area contributed by atoms with Crippen molar-refractivity contribution in [3.63, 3.8) is 0 Å². The van der Waals surface area contributed by atoms with Crippen molar-refractivity contribution in [2.45, 2.75) is 6.92 Å². The molecule has 1 aromatic rings. The fraction of sp³-hybridized carbons (Fsp3) is 0.231. The Morgan fingerprint density at radius 3 is 3.06 bits per heavy atom. The van der Waals surface area contributed by atoms with Crippen molar-refractivity contribution < 1.29 is 9.90 Å². The van der Waals surface area contributed by atoms with Gasteiger partial charge in [0.2, 0.25) is 5.91 Å². The lowest BCUT2D eigenvalue weighted by atomic mass is 10.1. The number of nitriles is 1. The summed E-state index contributed by atoms with van der Waals surface area (Å²) >= 11 is 0. The van der Waals surface area contributed by atoms with Gasteiger partial charge in [0.25, 0.3) is 0 Å². The zero-order chi connectivity index (χ0) is 12.7. The molecule has 0 spiro atoms. The van der Waals surface area contributed by atoms with Gasteiger partial charge in [-0.05, 0) is 24.6 Å². The molecule has 0 bridgehead atoms. The SMILES string of the molecule is CC(C#N)C(=O)Nc1cccc(/C=C/CO)c1. The number of aliphatic hydroxyl groups is 1. The maximum atomic E-state index is 11.5. The van der Waals surface area contributed by atoms with E-state index in [1.54, 1.807) is 37.3 Å². The Kier molecular flexibility index (Phi) is 4.92. The standard InChI is InChI=1S/C13H14N2O2/c1-10(9-14)13(17)15-12-6-2-4-11(8-12)5-3-7-16/h2-6,8,10,16H,7H2,1H3,(H,15,17)/b5-3+. The Labute approximate surface area is 100 Å². The highest BCUT2D eigenvalue weighted by molar-refractivity contribution is 5.94. The van der Waals surface area contributed by atoms with Crippen molar-refractivity contribution in [1.82, 2.24) is 0 Å². The first-order valence-corrected chi connectivity index (χ1v) is 5.25. The van der Waals surface area contributed by atoms with E-state index in [1.807, 2.05) is 12.1 Å². The molecule has 1 atom stereocenters. The van der Waals surface area contributed by atoms with Crippen molar-refractivity contribution in [3.8, 4) is 6.07 Å². The van der Waals surface area contributed by atoms with Gasteiger partial charge in [0, 0.05) is 5.69 Å². The minimum absolute atomic E-state index is 0.0257. The normalized spacial score (nSPS) is 12.1. The molecule has 0 radical (unpaired) electrons. The van der Waals surface area contributed by atoms with Gasteiger partial charge in [-0.2, -0.15) is 5.26 Å². The number of carbonyl (C=O) groups is 1. The molecule has 1 aromatic carbocycles. The number of hydrogen-bond acceptors (Lipinski definition) is 3. The van der Waals surface area contributed by atoms with E-state index >= 15 is 0 Å². The number of rotatable bonds is 4. The topological polar surface area (TPSA) is 73.1 Å². The average molecular weight is 230 g/mol. The minimum atomic E-state index is -0.674. The van der Waals surface area contributed by atoms with Crippen LogP contribution in [0.15, 0.2) is 30.3 Å². The highest BCUT2D eigenvalue weighted by atomic mass is 16.2. The van der Waals surface area contributed by atoms with Crippen molar-refractivity contribution >= 4 is 17.7 Å². The van der Waals surface area contributed by atoms with Crippen molar-refractivity contribution in [2.75, 3.05) is 11.9 Å². The van der Waals surface area contributed by atoms with Crippen LogP contribution < -0.4 is 5.32 Å². The second-order valence-corrected chi connectivity index (χ2v) is 3.55. The fourth-order valence-corrected chi connectivity index (χ4v) is 1.22. The number of hydrogen-bond donors (Lipinski definition) is 2. The largest absolute Gasteiger partial charge is 0.392 e. The molecule has 0 aliphatic rings. The zero-order valence-electron chi connectivity index (χ0n) is 9.55. The maximum Gasteiger partial charge on any atom is 0.241 e. The lowest BCUT2D eigenvalue weighted by Crippen LogP contribution is -2.18. The van der Waals surface area contributed by atoms with E-state index in [9.17, 15) is 4.79 Å². The Morgan fingerprint density at radius 1 is 1.65 bits per heavy atom. The van der Waals surface area contributed by atoms with Crippen LogP contribution in [0.25, 0.3) is 6.08 Å². The molecule has 2 N–H and O–H groups in total. The van der Waals surface area contributed by atoms with E-state index in [0.717, 1.165) is 5.56 Å². The fourth-order valence-electron chi connectivity index (χ4n) is 1.22. The van der Waals surface area contributed by atoms with Crippen LogP contribution in [0.5, 0.6) is 0 Å². The summed E-state index contributed by atoms with van der Waals surface area (Å²) in [6, 6.07) is 9.05. The molecule has 88 valence electrons. The number of carbonyl (C=O) groups excluding carboxylic acids is 1. The number of benzene rings is 1. The minimum Gasteiger partial charge on any atom is -0.392 e. The molecule has 4 heteroatoms. The van der Waals surface area contributed by atoms with Crippen LogP contribution in [-0.2, 0) is 4.79 Å². The summed E-state index contributed by atoms with van der Waals surface area (Å²) in [7, 11) is 0. The van der Waals surface area contributed by atoms with Crippen LogP contribution in [0.1, 0.15) is 12.5 Å². The highest BCUT2D eigenvalue weighted by Crippen LogP contribution is 2.13. The van der Waals surface area contributed by atoms with Crippen LogP contribution >= 0.6 is 0 Å². The summed E-state index contributed by atoms with van der Waals surface area (Å²) in [6.45, 7) is 1.52. The van der Waals surface area contributed by atoms with E-state index < -0.39 is 5.92 Å². The molecule has 0 aromatic heterocycles. The summed E-state index contributed by atoms with van der Waals surface area (Å²) in [4.78, 5) is 11.5. The monoisotopic (exact) mass is 230 g/mol. The van der Waals surface area contributed by atoms with Gasteiger partial charge in [0.15, 0.2) is 0 Å². The van der Waals surface area contributed by atoms with Crippen molar-refractivity contribution in [1.29, 1.82) is 5.26 Å². The average Bonchev–Trinajstić information content (AvgIpc) is 2.35. The molecular weight excluding hydrogens is 216 g/mol. The van der Waals surface area contributed by atoms with Crippen LogP contribution in [0.2, 0.25) is 0 Å². The Hall–Kier alpha value is -2.12. The predicted octanol–water partition coefficient (Wildman–Crippen LogP) is 1.79. The quantitative estimate of drug-likeness (QED) is 0.828. The van der Waals surface area contributed by atoms with E-state index in [1.165, 1.54) is 0 Å². The summed E-state index contributed by atoms with van der Waals surface area (Å²) in [6.07, 6.45) is 3.36. The van der Waals surface area contributed by atoms with Gasteiger partial charge in [-0.1, -0.05) is 24.3 Å². The summed E-state index contributed by atoms with van der Waals surface area (Å²) in [5, 5.41) is 19.9. The summed E-state index contributed by atoms with van der Waals surface area (Å²) in [5.74, 6) is -0.998. The van der Waals surface area contributed by atoms with Crippen molar-refractivity contribution in [2.24, 2.45) is 5.92 Å². The lowest BCUT2D eigenvalue weighted by Gasteiger charge is -2.06. The number of nitrogens with one attached hydrogen (secondary N) is 1. The molecule has 0 saturated carbocycles. The van der Waals surface area contributed by atoms with Gasteiger partial charge in [-0.15, -0.1) is 0 Å². The second kappa shape index (κ2) is 6.46. The second-order valence-electron chi connectivity index (χ2n) is 3.55. The smallest absolute Gasteiger partial charge is 0.241 e. The molecule has 0 aliphatic carbocycles. The first-order valence-electron chi connectivity index (χ1n) is 5.25.